The highest BCUT2D eigenvalue weighted by molar-refractivity contribution is 7.12. The Kier molecular flexibility index (Phi) is 8.82. The minimum absolute atomic E-state index is 0.0560. The van der Waals surface area contributed by atoms with Gasteiger partial charge in [-0.05, 0) is 18.6 Å². The van der Waals surface area contributed by atoms with Gasteiger partial charge < -0.3 is 29.5 Å². The number of carbonyl (C=O) groups excluding carboxylic acids is 1. The van der Waals surface area contributed by atoms with Crippen molar-refractivity contribution in [2.24, 2.45) is 5.92 Å². The molecular weight excluding hydrogens is 502 g/mol. The number of carbonyl (C=O) groups is 2. The van der Waals surface area contributed by atoms with Crippen LogP contribution in [0, 0.1) is 12.8 Å². The van der Waals surface area contributed by atoms with Gasteiger partial charge in [0.15, 0.2) is 10.8 Å². The number of nitrogens with one attached hydrogen (secondary N) is 1. The molecule has 4 heterocycles. The fourth-order valence-corrected chi connectivity index (χ4v) is 4.58. The van der Waals surface area contributed by atoms with Crippen LogP contribution >= 0.6 is 11.3 Å². The molecule has 0 saturated carbocycles. The Morgan fingerprint density at radius 2 is 1.92 bits per heavy atom. The molecule has 0 aromatic carbocycles. The molecule has 0 bridgehead atoms. The molecule has 0 aliphatic carbocycles. The maximum atomic E-state index is 12.9. The number of pyridine rings is 2. The number of aryl methyl sites for hydroxylation is 1. The van der Waals surface area contributed by atoms with E-state index in [0.29, 0.717) is 74.8 Å². The molecule has 3 aromatic heterocycles. The van der Waals surface area contributed by atoms with Crippen LogP contribution in [-0.4, -0.2) is 91.3 Å². The van der Waals surface area contributed by atoms with Crippen LogP contribution in [0.5, 0.6) is 0 Å². The number of carboxylic acids is 1. The summed E-state index contributed by atoms with van der Waals surface area (Å²) in [7, 11) is 1.61. The second-order valence-corrected chi connectivity index (χ2v) is 9.34. The lowest BCUT2D eigenvalue weighted by molar-refractivity contribution is -0.126. The van der Waals surface area contributed by atoms with Crippen molar-refractivity contribution in [3.05, 3.63) is 45.2 Å². The van der Waals surface area contributed by atoms with Gasteiger partial charge in [0, 0.05) is 44.5 Å². The predicted molar refractivity (Wildman–Crippen MR) is 137 cm³/mol. The molecule has 12 nitrogen and oxygen atoms in total. The number of hydrogen-bond donors (Lipinski definition) is 2. The monoisotopic (exact) mass is 531 g/mol. The van der Waals surface area contributed by atoms with Gasteiger partial charge in [-0.1, -0.05) is 0 Å². The quantitative estimate of drug-likeness (QED) is 0.307. The van der Waals surface area contributed by atoms with Gasteiger partial charge in [0.05, 0.1) is 44.3 Å². The third kappa shape index (κ3) is 6.13. The number of fused-ring (bicyclic) bond motifs is 1. The first kappa shape index (κ1) is 26.7. The Balaban J connectivity index is 1.38. The van der Waals surface area contributed by atoms with Crippen LogP contribution in [0.3, 0.4) is 0 Å². The Hall–Kier alpha value is -3.39. The SMILES string of the molecule is COCCOCCOCCNC(=O)C1CN(c2cc(C)c3c(=O)c(C(=O)O)cn(-c4nccs4)c3n2)C1. The van der Waals surface area contributed by atoms with E-state index in [1.165, 1.54) is 22.1 Å². The lowest BCUT2D eigenvalue weighted by Crippen LogP contribution is -2.54. The first-order valence-electron chi connectivity index (χ1n) is 11.8. The van der Waals surface area contributed by atoms with Crippen LogP contribution < -0.4 is 15.6 Å². The fraction of sp³-hybridized carbons (Fsp3) is 0.458. The minimum Gasteiger partial charge on any atom is -0.477 e. The lowest BCUT2D eigenvalue weighted by Gasteiger charge is -2.39. The summed E-state index contributed by atoms with van der Waals surface area (Å²) in [6.45, 7) is 5.50. The van der Waals surface area contributed by atoms with E-state index in [1.54, 1.807) is 31.7 Å². The van der Waals surface area contributed by atoms with E-state index in [9.17, 15) is 19.5 Å². The van der Waals surface area contributed by atoms with Gasteiger partial charge in [0.1, 0.15) is 11.4 Å². The standard InChI is InChI=1S/C24H29N5O7S/c1-15-11-18(28-12-16(13-28)22(31)25-3-5-35-8-9-36-7-6-34-2)27-21-19(15)20(30)17(23(32)33)14-29(21)24-26-4-10-37-24/h4,10-11,14,16H,3,5-9,12-13H2,1-2H3,(H,25,31)(H,32,33). The van der Waals surface area contributed by atoms with Gasteiger partial charge >= 0.3 is 5.97 Å². The zero-order valence-corrected chi connectivity index (χ0v) is 21.5. The summed E-state index contributed by atoms with van der Waals surface area (Å²) < 4.78 is 17.2. The van der Waals surface area contributed by atoms with Crippen molar-refractivity contribution in [2.45, 2.75) is 6.92 Å². The summed E-state index contributed by atoms with van der Waals surface area (Å²) in [5.74, 6) is -0.943. The molecule has 1 saturated heterocycles. The Labute approximate surface area is 216 Å². The number of anilines is 1. The number of hydrogen-bond acceptors (Lipinski definition) is 10. The summed E-state index contributed by atoms with van der Waals surface area (Å²) in [5.41, 5.74) is 0.00553. The van der Waals surface area contributed by atoms with Crippen LogP contribution in [0.25, 0.3) is 16.2 Å². The van der Waals surface area contributed by atoms with Crippen LogP contribution in [0.4, 0.5) is 5.82 Å². The van der Waals surface area contributed by atoms with Crippen molar-refractivity contribution in [3.63, 3.8) is 0 Å². The van der Waals surface area contributed by atoms with Gasteiger partial charge in [-0.25, -0.2) is 14.8 Å². The molecule has 13 heteroatoms. The molecule has 1 fully saturated rings. The van der Waals surface area contributed by atoms with Crippen molar-refractivity contribution < 1.29 is 28.9 Å². The molecule has 2 N–H and O–H groups in total. The molecule has 1 aliphatic rings. The average molecular weight is 532 g/mol. The van der Waals surface area contributed by atoms with E-state index in [0.717, 1.165) is 0 Å². The Morgan fingerprint density at radius 3 is 2.59 bits per heavy atom. The maximum absolute atomic E-state index is 12.9. The molecule has 1 aliphatic heterocycles. The van der Waals surface area contributed by atoms with E-state index >= 15 is 0 Å². The van der Waals surface area contributed by atoms with Crippen LogP contribution in [-0.2, 0) is 19.0 Å². The smallest absolute Gasteiger partial charge is 0.341 e. The number of thiazole rings is 1. The van der Waals surface area contributed by atoms with E-state index < -0.39 is 11.4 Å². The second kappa shape index (κ2) is 12.2. The van der Waals surface area contributed by atoms with Crippen molar-refractivity contribution in [1.29, 1.82) is 0 Å². The molecular formula is C24H29N5O7S. The second-order valence-electron chi connectivity index (χ2n) is 8.47. The molecule has 1 amide bonds. The topological polar surface area (TPSA) is 145 Å². The number of aromatic carboxylic acids is 1. The number of nitrogens with zero attached hydrogens (tertiary/aromatic N) is 4. The highest BCUT2D eigenvalue weighted by atomic mass is 32.1. The Bertz CT molecular complexity index is 1310. The zero-order chi connectivity index (χ0) is 26.4. The van der Waals surface area contributed by atoms with Crippen LogP contribution in [0.1, 0.15) is 15.9 Å². The number of ether oxygens (including phenoxy) is 3. The average Bonchev–Trinajstić information content (AvgIpc) is 3.36. The summed E-state index contributed by atoms with van der Waals surface area (Å²) in [5, 5.41) is 14.9. The molecule has 0 radical (unpaired) electrons. The number of methoxy groups -OCH3 is 1. The number of aromatic nitrogens is 3. The first-order chi connectivity index (χ1) is 17.9. The molecule has 3 aromatic rings. The summed E-state index contributed by atoms with van der Waals surface area (Å²) >= 11 is 1.31. The molecule has 0 atom stereocenters. The van der Waals surface area contributed by atoms with Gasteiger partial charge in [-0.2, -0.15) is 0 Å². The van der Waals surface area contributed by atoms with Crippen molar-refractivity contribution >= 4 is 40.1 Å². The fourth-order valence-electron chi connectivity index (χ4n) is 3.96. The van der Waals surface area contributed by atoms with Crippen LogP contribution in [0.15, 0.2) is 28.6 Å². The first-order valence-corrected chi connectivity index (χ1v) is 12.7. The van der Waals surface area contributed by atoms with Gasteiger partial charge in [-0.3, -0.25) is 14.2 Å². The van der Waals surface area contributed by atoms with Crippen molar-refractivity contribution in [1.82, 2.24) is 19.9 Å². The van der Waals surface area contributed by atoms with Crippen molar-refractivity contribution in [3.8, 4) is 5.13 Å². The molecule has 37 heavy (non-hydrogen) atoms. The number of amides is 1. The molecule has 198 valence electrons. The highest BCUT2D eigenvalue weighted by Crippen LogP contribution is 2.28. The molecule has 0 unspecified atom stereocenters. The van der Waals surface area contributed by atoms with Crippen molar-refractivity contribution in [2.75, 3.05) is 64.7 Å². The van der Waals surface area contributed by atoms with Gasteiger partial charge in [0.2, 0.25) is 11.3 Å². The lowest BCUT2D eigenvalue weighted by atomic mass is 9.98. The Morgan fingerprint density at radius 1 is 1.19 bits per heavy atom. The molecule has 0 spiro atoms. The molecule has 4 rings (SSSR count). The largest absolute Gasteiger partial charge is 0.477 e. The predicted octanol–water partition coefficient (Wildman–Crippen LogP) is 1.08. The van der Waals surface area contributed by atoms with Gasteiger partial charge in [-0.15, -0.1) is 11.3 Å². The third-order valence-corrected chi connectivity index (χ3v) is 6.69. The van der Waals surface area contributed by atoms with E-state index in [4.69, 9.17) is 14.2 Å². The number of carboxylic acid groups (broad SMARTS) is 1. The van der Waals surface area contributed by atoms with E-state index in [-0.39, 0.29) is 22.8 Å². The summed E-state index contributed by atoms with van der Waals surface area (Å²) in [6, 6.07) is 1.75. The van der Waals surface area contributed by atoms with E-state index in [2.05, 4.69) is 15.3 Å². The highest BCUT2D eigenvalue weighted by Gasteiger charge is 2.34. The van der Waals surface area contributed by atoms with Gasteiger partial charge in [0.25, 0.3) is 0 Å². The third-order valence-electron chi connectivity index (χ3n) is 5.92. The zero-order valence-electron chi connectivity index (χ0n) is 20.6. The van der Waals surface area contributed by atoms with E-state index in [1.807, 2.05) is 4.90 Å². The number of rotatable bonds is 13. The normalized spacial score (nSPS) is 13.6. The summed E-state index contributed by atoms with van der Waals surface area (Å²) in [6.07, 6.45) is 2.86. The van der Waals surface area contributed by atoms with Crippen LogP contribution in [0.2, 0.25) is 0 Å². The maximum Gasteiger partial charge on any atom is 0.341 e. The summed E-state index contributed by atoms with van der Waals surface area (Å²) in [4.78, 5) is 48.0. The minimum atomic E-state index is -1.31.